The van der Waals surface area contributed by atoms with Crippen LogP contribution in [0.3, 0.4) is 0 Å². The van der Waals surface area contributed by atoms with E-state index in [0.717, 1.165) is 15.2 Å². The van der Waals surface area contributed by atoms with Gasteiger partial charge in [0.15, 0.2) is 6.10 Å². The van der Waals surface area contributed by atoms with Crippen molar-refractivity contribution in [2.45, 2.75) is 25.9 Å². The summed E-state index contributed by atoms with van der Waals surface area (Å²) in [7, 11) is 0. The van der Waals surface area contributed by atoms with E-state index in [4.69, 9.17) is 10.00 Å². The molecule has 0 fully saturated rings. The summed E-state index contributed by atoms with van der Waals surface area (Å²) in [4.78, 5) is 28.7. The van der Waals surface area contributed by atoms with E-state index < -0.39 is 18.0 Å². The minimum Gasteiger partial charge on any atom is -0.453 e. The summed E-state index contributed by atoms with van der Waals surface area (Å²) < 4.78 is 6.27. The molecule has 1 aromatic heterocycles. The fourth-order valence-corrected chi connectivity index (χ4v) is 3.42. The van der Waals surface area contributed by atoms with Gasteiger partial charge in [0.05, 0.1) is 33.3 Å². The van der Waals surface area contributed by atoms with Gasteiger partial charge in [0.2, 0.25) is 0 Å². The van der Waals surface area contributed by atoms with Gasteiger partial charge in [-0.05, 0) is 37.3 Å². The quantitative estimate of drug-likeness (QED) is 0.660. The van der Waals surface area contributed by atoms with Gasteiger partial charge in [0, 0.05) is 12.1 Å². The Kier molecular flexibility index (Phi) is 5.79. The molecule has 0 aliphatic carbocycles. The lowest BCUT2D eigenvalue weighted by Gasteiger charge is -2.13. The predicted octanol–water partition coefficient (Wildman–Crippen LogP) is 3.67. The number of nitriles is 1. The largest absolute Gasteiger partial charge is 0.453 e. The van der Waals surface area contributed by atoms with E-state index in [1.54, 1.807) is 35.6 Å². The number of hydrogen-bond donors (Lipinski definition) is 1. The van der Waals surface area contributed by atoms with Crippen molar-refractivity contribution in [1.82, 2.24) is 4.98 Å². The summed E-state index contributed by atoms with van der Waals surface area (Å²) in [5.74, 6) is -0.902. The highest BCUT2D eigenvalue weighted by Gasteiger charge is 2.18. The molecule has 1 atom stereocenters. The molecule has 7 heteroatoms. The van der Waals surface area contributed by atoms with Gasteiger partial charge in [0.1, 0.15) is 0 Å². The Balaban J connectivity index is 1.50. The lowest BCUT2D eigenvalue weighted by atomic mass is 10.2. The minimum atomic E-state index is -0.932. The van der Waals surface area contributed by atoms with E-state index in [1.807, 2.05) is 30.3 Å². The molecule has 1 heterocycles. The van der Waals surface area contributed by atoms with Crippen molar-refractivity contribution in [1.29, 1.82) is 5.26 Å². The zero-order chi connectivity index (χ0) is 19.2. The first-order valence-electron chi connectivity index (χ1n) is 8.40. The molecule has 0 saturated carbocycles. The molecule has 3 aromatic rings. The number of rotatable bonds is 6. The lowest BCUT2D eigenvalue weighted by Crippen LogP contribution is -2.30. The number of thiazole rings is 1. The normalized spacial score (nSPS) is 11.6. The number of nitrogens with zero attached hydrogens (tertiary/aromatic N) is 2. The highest BCUT2D eigenvalue weighted by atomic mass is 32.1. The van der Waals surface area contributed by atoms with Gasteiger partial charge in [-0.2, -0.15) is 5.26 Å². The van der Waals surface area contributed by atoms with Crippen molar-refractivity contribution in [2.24, 2.45) is 0 Å². The zero-order valence-corrected chi connectivity index (χ0v) is 15.5. The van der Waals surface area contributed by atoms with Crippen LogP contribution in [-0.4, -0.2) is 23.0 Å². The van der Waals surface area contributed by atoms with Crippen LogP contribution in [0.4, 0.5) is 5.69 Å². The van der Waals surface area contributed by atoms with Crippen LogP contribution in [0.2, 0.25) is 0 Å². The summed E-state index contributed by atoms with van der Waals surface area (Å²) in [6.45, 7) is 1.51. The van der Waals surface area contributed by atoms with Gasteiger partial charge >= 0.3 is 5.97 Å². The standard InChI is InChI=1S/C20H17N3O3S/c1-13(20(25)22-15-6-4-5-14(11-15)12-21)26-19(24)10-9-18-23-16-7-2-3-8-17(16)27-18/h2-8,11,13H,9-10H2,1H3,(H,22,25)/t13-/m0/s1. The molecule has 0 saturated heterocycles. The second-order valence-corrected chi connectivity index (χ2v) is 7.00. The summed E-state index contributed by atoms with van der Waals surface area (Å²) >= 11 is 1.55. The first kappa shape index (κ1) is 18.5. The van der Waals surface area contributed by atoms with Crippen LogP contribution in [-0.2, 0) is 20.7 Å². The number of para-hydroxylation sites is 1. The number of nitrogens with one attached hydrogen (secondary N) is 1. The Bertz CT molecular complexity index is 989. The molecular formula is C20H17N3O3S. The Labute approximate surface area is 160 Å². The molecular weight excluding hydrogens is 362 g/mol. The molecule has 0 aliphatic heterocycles. The number of anilines is 1. The molecule has 0 radical (unpaired) electrons. The molecule has 0 spiro atoms. The van der Waals surface area contributed by atoms with Crippen molar-refractivity contribution in [3.63, 3.8) is 0 Å². The minimum absolute atomic E-state index is 0.154. The third kappa shape index (κ3) is 4.90. The topological polar surface area (TPSA) is 92.1 Å². The molecule has 1 amide bonds. The molecule has 6 nitrogen and oxygen atoms in total. The van der Waals surface area contributed by atoms with Gasteiger partial charge in [-0.1, -0.05) is 18.2 Å². The number of benzene rings is 2. The van der Waals surface area contributed by atoms with E-state index in [0.29, 0.717) is 17.7 Å². The van der Waals surface area contributed by atoms with Crippen LogP contribution in [0.1, 0.15) is 23.9 Å². The predicted molar refractivity (Wildman–Crippen MR) is 103 cm³/mol. The van der Waals surface area contributed by atoms with Gasteiger partial charge < -0.3 is 10.1 Å². The van der Waals surface area contributed by atoms with Crippen LogP contribution >= 0.6 is 11.3 Å². The number of amides is 1. The number of aromatic nitrogens is 1. The van der Waals surface area contributed by atoms with Crippen LogP contribution in [0.25, 0.3) is 10.2 Å². The fraction of sp³-hybridized carbons (Fsp3) is 0.200. The molecule has 136 valence electrons. The summed E-state index contributed by atoms with van der Waals surface area (Å²) in [5, 5.41) is 12.4. The summed E-state index contributed by atoms with van der Waals surface area (Å²) in [5.41, 5.74) is 1.84. The van der Waals surface area contributed by atoms with Crippen molar-refractivity contribution in [3.8, 4) is 6.07 Å². The van der Waals surface area contributed by atoms with Gasteiger partial charge in [-0.15, -0.1) is 11.3 Å². The van der Waals surface area contributed by atoms with Crippen LogP contribution in [0.5, 0.6) is 0 Å². The summed E-state index contributed by atoms with van der Waals surface area (Å²) in [6, 6.07) is 16.3. The zero-order valence-electron chi connectivity index (χ0n) is 14.6. The van der Waals surface area contributed by atoms with Gasteiger partial charge in [0.25, 0.3) is 5.91 Å². The highest BCUT2D eigenvalue weighted by molar-refractivity contribution is 7.18. The Morgan fingerprint density at radius 1 is 1.26 bits per heavy atom. The number of aryl methyl sites for hydroxylation is 1. The van der Waals surface area contributed by atoms with E-state index in [-0.39, 0.29) is 6.42 Å². The van der Waals surface area contributed by atoms with Crippen LogP contribution in [0, 0.1) is 11.3 Å². The average Bonchev–Trinajstić information content (AvgIpc) is 3.09. The molecule has 27 heavy (non-hydrogen) atoms. The first-order valence-corrected chi connectivity index (χ1v) is 9.22. The van der Waals surface area contributed by atoms with Crippen LogP contribution in [0.15, 0.2) is 48.5 Å². The van der Waals surface area contributed by atoms with Crippen molar-refractivity contribution in [3.05, 3.63) is 59.1 Å². The molecule has 3 rings (SSSR count). The molecule has 0 aliphatic rings. The molecule has 1 N–H and O–H groups in total. The molecule has 0 bridgehead atoms. The van der Waals surface area contributed by atoms with Crippen molar-refractivity contribution < 1.29 is 14.3 Å². The first-order chi connectivity index (χ1) is 13.0. The maximum atomic E-state index is 12.2. The highest BCUT2D eigenvalue weighted by Crippen LogP contribution is 2.22. The number of esters is 1. The maximum Gasteiger partial charge on any atom is 0.306 e. The van der Waals surface area contributed by atoms with E-state index >= 15 is 0 Å². The second kappa shape index (κ2) is 8.43. The second-order valence-electron chi connectivity index (χ2n) is 5.89. The van der Waals surface area contributed by atoms with Gasteiger partial charge in [-0.3, -0.25) is 9.59 Å². The third-order valence-corrected chi connectivity index (χ3v) is 4.91. The SMILES string of the molecule is C[C@H](OC(=O)CCc1nc2ccccc2s1)C(=O)Nc1cccc(C#N)c1. The summed E-state index contributed by atoms with van der Waals surface area (Å²) in [6.07, 6.45) is -0.309. The van der Waals surface area contributed by atoms with E-state index in [2.05, 4.69) is 10.3 Å². The lowest BCUT2D eigenvalue weighted by molar-refractivity contribution is -0.153. The number of carbonyl (C=O) groups excluding carboxylic acids is 2. The Morgan fingerprint density at radius 3 is 2.85 bits per heavy atom. The van der Waals surface area contributed by atoms with E-state index in [1.165, 1.54) is 6.92 Å². The average molecular weight is 379 g/mol. The fourth-order valence-electron chi connectivity index (χ4n) is 2.46. The molecule has 2 aromatic carbocycles. The Hall–Kier alpha value is -3.24. The smallest absolute Gasteiger partial charge is 0.306 e. The van der Waals surface area contributed by atoms with Crippen molar-refractivity contribution in [2.75, 3.05) is 5.32 Å². The van der Waals surface area contributed by atoms with Gasteiger partial charge in [-0.25, -0.2) is 4.98 Å². The number of hydrogen-bond acceptors (Lipinski definition) is 6. The van der Waals surface area contributed by atoms with Crippen molar-refractivity contribution >= 4 is 39.1 Å². The third-order valence-electron chi connectivity index (χ3n) is 3.82. The number of ether oxygens (including phenoxy) is 1. The monoisotopic (exact) mass is 379 g/mol. The van der Waals surface area contributed by atoms with E-state index in [9.17, 15) is 9.59 Å². The molecule has 0 unspecified atom stereocenters. The number of carbonyl (C=O) groups is 2. The Morgan fingerprint density at radius 2 is 2.07 bits per heavy atom. The maximum absolute atomic E-state index is 12.2. The number of fused-ring (bicyclic) bond motifs is 1. The van der Waals surface area contributed by atoms with Crippen LogP contribution < -0.4 is 5.32 Å².